The average Bonchev–Trinajstić information content (AvgIpc) is 3.09. The van der Waals surface area contributed by atoms with Gasteiger partial charge in [-0.25, -0.2) is 4.79 Å². The maximum Gasteiger partial charge on any atom is 0.328 e. The van der Waals surface area contributed by atoms with Crippen molar-refractivity contribution in [3.63, 3.8) is 0 Å². The molecule has 0 aromatic carbocycles. The number of carbonyl (C=O) groups is 3. The van der Waals surface area contributed by atoms with Gasteiger partial charge >= 0.3 is 5.97 Å². The van der Waals surface area contributed by atoms with Gasteiger partial charge in [0.25, 0.3) is 11.8 Å². The quantitative estimate of drug-likeness (QED) is 0.770. The predicted octanol–water partition coefficient (Wildman–Crippen LogP) is 1.64. The summed E-state index contributed by atoms with van der Waals surface area (Å²) in [5.41, 5.74) is 0. The first-order valence-electron chi connectivity index (χ1n) is 8.27. The molecule has 0 radical (unpaired) electrons. The van der Waals surface area contributed by atoms with Crippen molar-refractivity contribution in [3.05, 3.63) is 24.2 Å². The third-order valence-electron chi connectivity index (χ3n) is 4.25. The lowest BCUT2D eigenvalue weighted by Crippen LogP contribution is -2.44. The molecule has 7 nitrogen and oxygen atoms in total. The summed E-state index contributed by atoms with van der Waals surface area (Å²) in [4.78, 5) is 35.5. The Kier molecular flexibility index (Phi) is 6.40. The van der Waals surface area contributed by atoms with Gasteiger partial charge in [-0.05, 0) is 37.8 Å². The number of carbonyl (C=O) groups excluding carboxylic acids is 3. The fraction of sp³-hybridized carbons (Fsp3) is 0.588. The van der Waals surface area contributed by atoms with Crippen molar-refractivity contribution in [2.45, 2.75) is 51.6 Å². The second-order valence-corrected chi connectivity index (χ2v) is 6.22. The van der Waals surface area contributed by atoms with E-state index in [2.05, 4.69) is 17.6 Å². The third kappa shape index (κ3) is 5.11. The van der Waals surface area contributed by atoms with E-state index in [0.717, 1.165) is 19.3 Å². The molecule has 132 valence electrons. The molecule has 3 atom stereocenters. The minimum absolute atomic E-state index is 0.110. The van der Waals surface area contributed by atoms with Gasteiger partial charge in [0.15, 0.2) is 12.4 Å². The molecule has 1 heterocycles. The van der Waals surface area contributed by atoms with E-state index in [-0.39, 0.29) is 24.3 Å². The Labute approximate surface area is 141 Å². The maximum atomic E-state index is 11.9. The molecule has 0 bridgehead atoms. The predicted molar refractivity (Wildman–Crippen MR) is 86.2 cm³/mol. The first-order valence-corrected chi connectivity index (χ1v) is 8.27. The fourth-order valence-electron chi connectivity index (χ4n) is 2.78. The molecule has 0 aliphatic heterocycles. The van der Waals surface area contributed by atoms with Crippen molar-refractivity contribution in [1.82, 2.24) is 10.6 Å². The molecule has 1 saturated carbocycles. The molecule has 2 rings (SSSR count). The molecular formula is C17H24N2O5. The van der Waals surface area contributed by atoms with Crippen LogP contribution in [0.5, 0.6) is 0 Å². The summed E-state index contributed by atoms with van der Waals surface area (Å²) in [6, 6.07) is 2.34. The topological polar surface area (TPSA) is 97.6 Å². The fourth-order valence-corrected chi connectivity index (χ4v) is 2.78. The van der Waals surface area contributed by atoms with E-state index in [1.165, 1.54) is 25.7 Å². The van der Waals surface area contributed by atoms with Gasteiger partial charge in [0.1, 0.15) is 6.04 Å². The highest BCUT2D eigenvalue weighted by molar-refractivity contribution is 5.94. The molecule has 0 unspecified atom stereocenters. The van der Waals surface area contributed by atoms with Crippen LogP contribution in [0.15, 0.2) is 22.8 Å². The summed E-state index contributed by atoms with van der Waals surface area (Å²) in [5.74, 6) is -0.943. The summed E-state index contributed by atoms with van der Waals surface area (Å²) in [6.45, 7) is 3.26. The van der Waals surface area contributed by atoms with Gasteiger partial charge in [0.05, 0.1) is 6.26 Å². The molecule has 1 aliphatic carbocycles. The largest absolute Gasteiger partial charge is 0.459 e. The zero-order valence-electron chi connectivity index (χ0n) is 14.0. The van der Waals surface area contributed by atoms with Crippen molar-refractivity contribution in [3.8, 4) is 0 Å². The lowest BCUT2D eigenvalue weighted by molar-refractivity contribution is -0.150. The second kappa shape index (κ2) is 8.52. The summed E-state index contributed by atoms with van der Waals surface area (Å²) in [5, 5.41) is 5.36. The standard InChI is InChI=1S/C17H24N2O5/c1-11-6-3-4-7-13(11)19-15(20)10-24-17(22)12(2)18-16(21)14-8-5-9-23-14/h5,8-9,11-13H,3-4,6-7,10H2,1-2H3,(H,18,21)(H,19,20)/t11-,12-,13-/m0/s1. The van der Waals surface area contributed by atoms with Gasteiger partial charge in [-0.2, -0.15) is 0 Å². The van der Waals surface area contributed by atoms with E-state index >= 15 is 0 Å². The second-order valence-electron chi connectivity index (χ2n) is 6.22. The highest BCUT2D eigenvalue weighted by atomic mass is 16.5. The van der Waals surface area contributed by atoms with E-state index in [1.807, 2.05) is 0 Å². The Balaban J connectivity index is 1.71. The lowest BCUT2D eigenvalue weighted by Gasteiger charge is -2.29. The monoisotopic (exact) mass is 336 g/mol. The van der Waals surface area contributed by atoms with Crippen LogP contribution in [-0.4, -0.2) is 36.5 Å². The Morgan fingerprint density at radius 1 is 1.33 bits per heavy atom. The van der Waals surface area contributed by atoms with Gasteiger partial charge in [-0.15, -0.1) is 0 Å². The molecule has 24 heavy (non-hydrogen) atoms. The Morgan fingerprint density at radius 2 is 2.08 bits per heavy atom. The van der Waals surface area contributed by atoms with Crippen LogP contribution in [0.25, 0.3) is 0 Å². The minimum Gasteiger partial charge on any atom is -0.459 e. The number of esters is 1. The lowest BCUT2D eigenvalue weighted by atomic mass is 9.86. The molecule has 2 N–H and O–H groups in total. The van der Waals surface area contributed by atoms with Gasteiger partial charge in [0.2, 0.25) is 0 Å². The van der Waals surface area contributed by atoms with Gasteiger partial charge in [-0.3, -0.25) is 9.59 Å². The van der Waals surface area contributed by atoms with Crippen LogP contribution >= 0.6 is 0 Å². The number of amides is 2. The molecule has 2 amide bonds. The summed E-state index contributed by atoms with van der Waals surface area (Å²) in [6.07, 6.45) is 5.71. The van der Waals surface area contributed by atoms with Crippen molar-refractivity contribution in [2.75, 3.05) is 6.61 Å². The maximum absolute atomic E-state index is 11.9. The van der Waals surface area contributed by atoms with E-state index in [4.69, 9.17) is 9.15 Å². The molecule has 7 heteroatoms. The van der Waals surface area contributed by atoms with E-state index in [9.17, 15) is 14.4 Å². The van der Waals surface area contributed by atoms with Gasteiger partial charge < -0.3 is 19.8 Å². The molecule has 1 aromatic heterocycles. The number of hydrogen-bond acceptors (Lipinski definition) is 5. The van der Waals surface area contributed by atoms with Crippen LogP contribution in [0.3, 0.4) is 0 Å². The zero-order valence-corrected chi connectivity index (χ0v) is 14.0. The molecule has 1 aliphatic rings. The Hall–Kier alpha value is -2.31. The molecule has 0 spiro atoms. The van der Waals surface area contributed by atoms with Crippen LogP contribution in [0.4, 0.5) is 0 Å². The van der Waals surface area contributed by atoms with Crippen LogP contribution in [0, 0.1) is 5.92 Å². The molecular weight excluding hydrogens is 312 g/mol. The number of furan rings is 1. The number of rotatable bonds is 6. The van der Waals surface area contributed by atoms with Crippen LogP contribution in [0.2, 0.25) is 0 Å². The number of nitrogens with one attached hydrogen (secondary N) is 2. The normalized spacial score (nSPS) is 21.6. The zero-order chi connectivity index (χ0) is 17.5. The number of ether oxygens (including phenoxy) is 1. The molecule has 1 aromatic rings. The minimum atomic E-state index is -0.871. The summed E-state index contributed by atoms with van der Waals surface area (Å²) in [7, 11) is 0. The van der Waals surface area contributed by atoms with Crippen molar-refractivity contribution < 1.29 is 23.5 Å². The smallest absolute Gasteiger partial charge is 0.328 e. The van der Waals surface area contributed by atoms with Gasteiger partial charge in [0, 0.05) is 6.04 Å². The van der Waals surface area contributed by atoms with Crippen molar-refractivity contribution in [1.29, 1.82) is 0 Å². The van der Waals surface area contributed by atoms with Crippen LogP contribution in [0.1, 0.15) is 50.1 Å². The molecule has 1 fully saturated rings. The Bertz CT molecular complexity index is 570. The summed E-state index contributed by atoms with van der Waals surface area (Å²) >= 11 is 0. The number of hydrogen-bond donors (Lipinski definition) is 2. The highest BCUT2D eigenvalue weighted by Crippen LogP contribution is 2.23. The van der Waals surface area contributed by atoms with Crippen LogP contribution < -0.4 is 10.6 Å². The van der Waals surface area contributed by atoms with Crippen molar-refractivity contribution in [2.24, 2.45) is 5.92 Å². The highest BCUT2D eigenvalue weighted by Gasteiger charge is 2.24. The SMILES string of the molecule is C[C@H](NC(=O)c1ccco1)C(=O)OCC(=O)N[C@H]1CCCC[C@@H]1C. The van der Waals surface area contributed by atoms with Gasteiger partial charge in [-0.1, -0.05) is 19.8 Å². The first kappa shape index (κ1) is 18.0. The van der Waals surface area contributed by atoms with E-state index < -0.39 is 17.9 Å². The third-order valence-corrected chi connectivity index (χ3v) is 4.25. The summed E-state index contributed by atoms with van der Waals surface area (Å²) < 4.78 is 9.90. The van der Waals surface area contributed by atoms with E-state index in [0.29, 0.717) is 5.92 Å². The first-order chi connectivity index (χ1) is 11.5. The van der Waals surface area contributed by atoms with Crippen molar-refractivity contribution >= 4 is 17.8 Å². The van der Waals surface area contributed by atoms with E-state index in [1.54, 1.807) is 6.07 Å². The average molecular weight is 336 g/mol. The van der Waals surface area contributed by atoms with Crippen LogP contribution in [-0.2, 0) is 14.3 Å². The molecule has 0 saturated heterocycles. The Morgan fingerprint density at radius 3 is 2.75 bits per heavy atom.